The van der Waals surface area contributed by atoms with Crippen molar-refractivity contribution in [3.63, 3.8) is 0 Å². The predicted octanol–water partition coefficient (Wildman–Crippen LogP) is 3.77. The van der Waals surface area contributed by atoms with Gasteiger partial charge in [-0.15, -0.1) is 5.16 Å². The van der Waals surface area contributed by atoms with E-state index in [9.17, 15) is 0 Å². The Kier molecular flexibility index (Phi) is 3.62. The minimum atomic E-state index is -0.00616. The molecule has 0 bridgehead atoms. The molecule has 2 nitrogen and oxygen atoms in total. The lowest BCUT2D eigenvalue weighted by Crippen LogP contribution is -2.27. The highest BCUT2D eigenvalue weighted by atomic mass is 16.6. The van der Waals surface area contributed by atoms with E-state index < -0.39 is 0 Å². The van der Waals surface area contributed by atoms with Crippen molar-refractivity contribution in [1.82, 2.24) is 0 Å². The van der Waals surface area contributed by atoms with Gasteiger partial charge in [-0.3, -0.25) is 0 Å². The van der Waals surface area contributed by atoms with E-state index in [2.05, 4.69) is 55.2 Å². The lowest BCUT2D eigenvalue weighted by Gasteiger charge is -2.27. The first-order valence-corrected chi connectivity index (χ1v) is 6.19. The summed E-state index contributed by atoms with van der Waals surface area (Å²) in [4.78, 5) is 5.24. The number of benzene rings is 1. The van der Waals surface area contributed by atoms with Crippen molar-refractivity contribution < 1.29 is 4.84 Å². The molecular formula is C15H19NO. The molecule has 17 heavy (non-hydrogen) atoms. The Morgan fingerprint density at radius 3 is 2.94 bits per heavy atom. The van der Waals surface area contributed by atoms with Crippen LogP contribution in [0.2, 0.25) is 0 Å². The molecule has 1 aliphatic rings. The molecule has 1 aliphatic carbocycles. The Bertz CT molecular complexity index is 425. The van der Waals surface area contributed by atoms with Crippen LogP contribution in [0, 0.1) is 0 Å². The quantitative estimate of drug-likeness (QED) is 0.537. The Labute approximate surface area is 103 Å². The van der Waals surface area contributed by atoms with Crippen molar-refractivity contribution >= 4 is 12.8 Å². The van der Waals surface area contributed by atoms with E-state index in [-0.39, 0.29) is 5.41 Å². The van der Waals surface area contributed by atoms with Gasteiger partial charge in [0.05, 0.1) is 5.41 Å². The second kappa shape index (κ2) is 5.17. The number of oxime groups is 1. The second-order valence-electron chi connectivity index (χ2n) is 4.58. The summed E-state index contributed by atoms with van der Waals surface area (Å²) >= 11 is 0. The fourth-order valence-corrected chi connectivity index (χ4v) is 2.50. The SMILES string of the molecule is C=NOCC1(CCCC)C=Cc2ccccc21. The largest absolute Gasteiger partial charge is 0.395 e. The third-order valence-corrected chi connectivity index (χ3v) is 3.47. The fraction of sp³-hybridized carbons (Fsp3) is 0.400. The topological polar surface area (TPSA) is 21.6 Å². The molecule has 0 saturated carbocycles. The molecule has 2 heteroatoms. The first-order chi connectivity index (χ1) is 8.32. The Balaban J connectivity index is 2.28. The minimum Gasteiger partial charge on any atom is -0.395 e. The van der Waals surface area contributed by atoms with Crippen LogP contribution in [0.5, 0.6) is 0 Å². The Morgan fingerprint density at radius 1 is 1.35 bits per heavy atom. The van der Waals surface area contributed by atoms with Crippen molar-refractivity contribution in [1.29, 1.82) is 0 Å². The van der Waals surface area contributed by atoms with Crippen LogP contribution in [0.15, 0.2) is 35.5 Å². The maximum absolute atomic E-state index is 5.24. The summed E-state index contributed by atoms with van der Waals surface area (Å²) in [5, 5.41) is 3.54. The van der Waals surface area contributed by atoms with Crippen LogP contribution in [0.1, 0.15) is 37.3 Å². The van der Waals surface area contributed by atoms with Crippen LogP contribution >= 0.6 is 0 Å². The van der Waals surface area contributed by atoms with Crippen LogP contribution in [0.25, 0.3) is 6.08 Å². The van der Waals surface area contributed by atoms with Gasteiger partial charge in [0.15, 0.2) is 0 Å². The van der Waals surface area contributed by atoms with Gasteiger partial charge in [-0.2, -0.15) is 0 Å². The Hall–Kier alpha value is -1.57. The van der Waals surface area contributed by atoms with Gasteiger partial charge in [0.1, 0.15) is 6.61 Å². The van der Waals surface area contributed by atoms with E-state index in [4.69, 9.17) is 4.84 Å². The van der Waals surface area contributed by atoms with E-state index in [1.54, 1.807) is 0 Å². The van der Waals surface area contributed by atoms with E-state index in [1.807, 2.05) is 0 Å². The summed E-state index contributed by atoms with van der Waals surface area (Å²) in [5.74, 6) is 0. The summed E-state index contributed by atoms with van der Waals surface area (Å²) in [6.07, 6.45) is 7.95. The number of fused-ring (bicyclic) bond motifs is 1. The maximum Gasteiger partial charge on any atom is 0.130 e. The van der Waals surface area contributed by atoms with Crippen molar-refractivity contribution in [3.8, 4) is 0 Å². The van der Waals surface area contributed by atoms with Crippen molar-refractivity contribution in [3.05, 3.63) is 41.5 Å². The second-order valence-corrected chi connectivity index (χ2v) is 4.58. The summed E-state index contributed by atoms with van der Waals surface area (Å²) in [6, 6.07) is 8.51. The zero-order chi connectivity index (χ0) is 12.1. The Morgan fingerprint density at radius 2 is 2.18 bits per heavy atom. The minimum absolute atomic E-state index is 0.00616. The van der Waals surface area contributed by atoms with Crippen LogP contribution in [0.3, 0.4) is 0 Å². The summed E-state index contributed by atoms with van der Waals surface area (Å²) < 4.78 is 0. The highest BCUT2D eigenvalue weighted by molar-refractivity contribution is 5.65. The third kappa shape index (κ3) is 2.26. The van der Waals surface area contributed by atoms with E-state index in [0.29, 0.717) is 6.61 Å². The number of hydrogen-bond acceptors (Lipinski definition) is 2. The molecule has 0 fully saturated rings. The van der Waals surface area contributed by atoms with Crippen molar-refractivity contribution in [2.75, 3.05) is 6.61 Å². The smallest absolute Gasteiger partial charge is 0.130 e. The normalized spacial score (nSPS) is 21.2. The number of hydrogen-bond donors (Lipinski definition) is 0. The predicted molar refractivity (Wildman–Crippen MR) is 72.2 cm³/mol. The van der Waals surface area contributed by atoms with Crippen LogP contribution in [-0.2, 0) is 10.3 Å². The van der Waals surface area contributed by atoms with Gasteiger partial charge in [0.25, 0.3) is 0 Å². The summed E-state index contributed by atoms with van der Waals surface area (Å²) in [6.45, 7) is 6.19. The van der Waals surface area contributed by atoms with Gasteiger partial charge in [-0.25, -0.2) is 0 Å². The zero-order valence-electron chi connectivity index (χ0n) is 10.4. The van der Waals surface area contributed by atoms with Gasteiger partial charge >= 0.3 is 0 Å². The molecule has 1 unspecified atom stereocenters. The molecular weight excluding hydrogens is 210 g/mol. The first-order valence-electron chi connectivity index (χ1n) is 6.19. The number of nitrogens with zero attached hydrogens (tertiary/aromatic N) is 1. The van der Waals surface area contributed by atoms with Crippen molar-refractivity contribution in [2.24, 2.45) is 5.16 Å². The van der Waals surface area contributed by atoms with E-state index in [1.165, 1.54) is 24.0 Å². The molecule has 1 aromatic rings. The first kappa shape index (κ1) is 11.9. The molecule has 0 N–H and O–H groups in total. The van der Waals surface area contributed by atoms with Gasteiger partial charge in [-0.1, -0.05) is 56.2 Å². The fourth-order valence-electron chi connectivity index (χ4n) is 2.50. The molecule has 1 atom stereocenters. The van der Waals surface area contributed by atoms with Gasteiger partial charge in [-0.05, 0) is 17.5 Å². The molecule has 0 aliphatic heterocycles. The lowest BCUT2D eigenvalue weighted by molar-refractivity contribution is 0.104. The van der Waals surface area contributed by atoms with Crippen LogP contribution < -0.4 is 0 Å². The zero-order valence-corrected chi connectivity index (χ0v) is 10.4. The van der Waals surface area contributed by atoms with Gasteiger partial charge in [0.2, 0.25) is 0 Å². The molecule has 1 aromatic carbocycles. The number of rotatable bonds is 6. The third-order valence-electron chi connectivity index (χ3n) is 3.47. The van der Waals surface area contributed by atoms with Crippen LogP contribution in [0.4, 0.5) is 0 Å². The summed E-state index contributed by atoms with van der Waals surface area (Å²) in [5.41, 5.74) is 2.65. The highest BCUT2D eigenvalue weighted by Crippen LogP contribution is 2.40. The number of unbranched alkanes of at least 4 members (excludes halogenated alkanes) is 1. The van der Waals surface area contributed by atoms with Crippen LogP contribution in [-0.4, -0.2) is 13.3 Å². The average Bonchev–Trinajstić information content (AvgIpc) is 2.74. The molecule has 90 valence electrons. The lowest BCUT2D eigenvalue weighted by atomic mass is 9.79. The van der Waals surface area contributed by atoms with E-state index >= 15 is 0 Å². The standard InChI is InChI=1S/C15H19NO/c1-3-4-10-15(12-17-16-2)11-9-13-7-5-6-8-14(13)15/h5-9,11H,2-4,10,12H2,1H3. The average molecular weight is 229 g/mol. The summed E-state index contributed by atoms with van der Waals surface area (Å²) in [7, 11) is 0. The molecule has 0 radical (unpaired) electrons. The molecule has 0 amide bonds. The monoisotopic (exact) mass is 229 g/mol. The van der Waals surface area contributed by atoms with Gasteiger partial charge < -0.3 is 4.84 Å². The molecule has 0 spiro atoms. The maximum atomic E-state index is 5.24. The molecule has 0 saturated heterocycles. The molecule has 0 heterocycles. The molecule has 0 aromatic heterocycles. The highest BCUT2D eigenvalue weighted by Gasteiger charge is 2.35. The van der Waals surface area contributed by atoms with E-state index in [0.717, 1.165) is 6.42 Å². The van der Waals surface area contributed by atoms with Crippen molar-refractivity contribution in [2.45, 2.75) is 31.6 Å². The molecule has 2 rings (SSSR count). The van der Waals surface area contributed by atoms with Gasteiger partial charge in [0, 0.05) is 6.72 Å².